The van der Waals surface area contributed by atoms with Crippen LogP contribution in [0, 0.1) is 0 Å². The molecule has 3 N–H and O–H groups in total. The monoisotopic (exact) mass is 552 g/mol. The van der Waals surface area contributed by atoms with Gasteiger partial charge in [0.25, 0.3) is 0 Å². The van der Waals surface area contributed by atoms with E-state index in [0.717, 1.165) is 51.7 Å². The lowest BCUT2D eigenvalue weighted by Gasteiger charge is -2.48. The minimum atomic E-state index is -1.68. The fraction of sp³-hybridized carbons (Fsp3) is 0.267. The van der Waals surface area contributed by atoms with Gasteiger partial charge in [-0.15, -0.1) is 0 Å². The van der Waals surface area contributed by atoms with Gasteiger partial charge in [0.1, 0.15) is 21.4 Å². The van der Waals surface area contributed by atoms with Crippen molar-refractivity contribution in [2.75, 3.05) is 25.0 Å². The maximum Gasteiger partial charge on any atom is 0.242 e. The van der Waals surface area contributed by atoms with Crippen LogP contribution in [0.5, 0.6) is 0 Å². The summed E-state index contributed by atoms with van der Waals surface area (Å²) in [6, 6.07) is 19.3. The molecule has 1 saturated heterocycles. The Bertz CT molecular complexity index is 1710. The average Bonchev–Trinajstić information content (AvgIpc) is 3.72. The zero-order valence-corrected chi connectivity index (χ0v) is 22.8. The number of likely N-dealkylation sites (N-methyl/N-ethyl adjacent to an activating group) is 1. The van der Waals surface area contributed by atoms with Crippen molar-refractivity contribution in [1.29, 1.82) is 0 Å². The smallest absolute Gasteiger partial charge is 0.242 e. The van der Waals surface area contributed by atoms with Crippen molar-refractivity contribution in [1.82, 2.24) is 20.2 Å². The molecule has 202 valence electrons. The van der Waals surface area contributed by atoms with E-state index in [0.29, 0.717) is 18.1 Å². The Kier molecular flexibility index (Phi) is 5.64. The largest absolute Gasteiger partial charge is 0.338 e. The molecule has 4 heterocycles. The number of nitrogens with one attached hydrogen (secondary N) is 1. The molecule has 7 rings (SSSR count). The molecule has 4 aromatic rings. The molecule has 3 aliphatic rings. The summed E-state index contributed by atoms with van der Waals surface area (Å²) in [6.45, 7) is 1.01. The number of hydrogen-bond acceptors (Lipinski definition) is 6. The van der Waals surface area contributed by atoms with E-state index < -0.39 is 21.9 Å². The van der Waals surface area contributed by atoms with Crippen molar-refractivity contribution < 1.29 is 13.8 Å². The van der Waals surface area contributed by atoms with E-state index >= 15 is 0 Å². The number of para-hydroxylation sites is 1. The number of nitrogens with zero attached hydrogens (tertiary/aromatic N) is 4. The fourth-order valence-corrected chi connectivity index (χ4v) is 6.61. The lowest BCUT2D eigenvalue weighted by molar-refractivity contribution is -0.146. The van der Waals surface area contributed by atoms with Crippen molar-refractivity contribution in [3.8, 4) is 11.1 Å². The number of carbonyl (C=O) groups excluding carboxylic acids is 2. The molecule has 2 aliphatic heterocycles. The highest BCUT2D eigenvalue weighted by molar-refractivity contribution is 7.82. The highest BCUT2D eigenvalue weighted by atomic mass is 32.2. The number of benzene rings is 2. The van der Waals surface area contributed by atoms with Gasteiger partial charge in [-0.05, 0) is 49.0 Å². The Morgan fingerprint density at radius 3 is 2.48 bits per heavy atom. The van der Waals surface area contributed by atoms with Crippen LogP contribution in [-0.4, -0.2) is 56.6 Å². The second-order valence-corrected chi connectivity index (χ2v) is 11.8. The van der Waals surface area contributed by atoms with Gasteiger partial charge in [0, 0.05) is 47.7 Å². The van der Waals surface area contributed by atoms with Gasteiger partial charge < -0.3 is 15.1 Å². The molecule has 1 spiro atoms. The van der Waals surface area contributed by atoms with Crippen LogP contribution in [0.15, 0.2) is 78.1 Å². The number of aromatic nitrogens is 2. The number of carbonyl (C=O) groups is 2. The van der Waals surface area contributed by atoms with Gasteiger partial charge in [0.2, 0.25) is 11.8 Å². The molecule has 9 nitrogen and oxygen atoms in total. The van der Waals surface area contributed by atoms with Crippen LogP contribution in [0.1, 0.15) is 24.1 Å². The van der Waals surface area contributed by atoms with Crippen LogP contribution < -0.4 is 15.4 Å². The first-order valence-electron chi connectivity index (χ1n) is 13.3. The standard InChI is InChI=1S/C30H28N6O3S/c1-32-30(12-13-30)28(38)35-17-29(18-35)22-8-4-5-9-24(22)36(27(29)37)16-23-26(20-10-11-25(34-15-20)40(31)39)21-7-3-2-6-19(21)14-33-23/h2-11,14-15,32H,12-13,16-18,31H2,1H3. The second-order valence-electron chi connectivity index (χ2n) is 10.8. The van der Waals surface area contributed by atoms with E-state index in [4.69, 9.17) is 10.1 Å². The minimum absolute atomic E-state index is 0.0139. The number of anilines is 1. The lowest BCUT2D eigenvalue weighted by Crippen LogP contribution is -2.67. The van der Waals surface area contributed by atoms with E-state index in [1.807, 2.05) is 72.7 Å². The third-order valence-corrected chi connectivity index (χ3v) is 9.28. The molecule has 1 saturated carbocycles. The van der Waals surface area contributed by atoms with E-state index in [1.165, 1.54) is 0 Å². The molecule has 1 unspecified atom stereocenters. The average molecular weight is 553 g/mol. The maximum atomic E-state index is 14.2. The quantitative estimate of drug-likeness (QED) is 0.379. The predicted molar refractivity (Wildman–Crippen MR) is 152 cm³/mol. The summed E-state index contributed by atoms with van der Waals surface area (Å²) in [5.41, 5.74) is 2.97. The van der Waals surface area contributed by atoms with Crippen LogP contribution in [0.25, 0.3) is 21.9 Å². The van der Waals surface area contributed by atoms with Gasteiger partial charge in [-0.1, -0.05) is 42.5 Å². The first-order chi connectivity index (χ1) is 19.4. The number of pyridine rings is 2. The number of likely N-dealkylation sites (tertiary alicyclic amines) is 1. The fourth-order valence-electron chi connectivity index (χ4n) is 6.25. The Labute approximate surface area is 234 Å². The Balaban J connectivity index is 1.27. The Morgan fingerprint density at radius 1 is 1.02 bits per heavy atom. The Hall–Kier alpha value is -3.99. The summed E-state index contributed by atoms with van der Waals surface area (Å²) < 4.78 is 11.7. The number of fused-ring (bicyclic) bond motifs is 3. The molecule has 0 bridgehead atoms. The van der Waals surface area contributed by atoms with Crippen LogP contribution in [0.2, 0.25) is 0 Å². The van der Waals surface area contributed by atoms with Crippen molar-refractivity contribution in [2.45, 2.75) is 35.4 Å². The van der Waals surface area contributed by atoms with E-state index in [1.54, 1.807) is 17.2 Å². The highest BCUT2D eigenvalue weighted by Gasteiger charge is 2.62. The molecule has 2 amide bonds. The minimum Gasteiger partial charge on any atom is -0.338 e. The van der Waals surface area contributed by atoms with Gasteiger partial charge in [-0.3, -0.25) is 14.6 Å². The highest BCUT2D eigenvalue weighted by Crippen LogP contribution is 2.50. The first kappa shape index (κ1) is 25.0. The van der Waals surface area contributed by atoms with Gasteiger partial charge >= 0.3 is 0 Å². The first-order valence-corrected chi connectivity index (χ1v) is 14.5. The van der Waals surface area contributed by atoms with Crippen molar-refractivity contribution >= 4 is 39.3 Å². The number of rotatable bonds is 6. The molecule has 10 heteroatoms. The molecular formula is C30H28N6O3S. The van der Waals surface area contributed by atoms with Crippen LogP contribution >= 0.6 is 0 Å². The lowest BCUT2D eigenvalue weighted by atomic mass is 9.74. The van der Waals surface area contributed by atoms with Crippen LogP contribution in [0.4, 0.5) is 5.69 Å². The van der Waals surface area contributed by atoms with Crippen LogP contribution in [-0.2, 0) is 32.5 Å². The summed E-state index contributed by atoms with van der Waals surface area (Å²) in [6.07, 6.45) is 5.13. The van der Waals surface area contributed by atoms with Gasteiger partial charge in [-0.25, -0.2) is 14.3 Å². The third kappa shape index (κ3) is 3.63. The van der Waals surface area contributed by atoms with Crippen molar-refractivity contribution in [3.05, 3.63) is 84.3 Å². The summed E-state index contributed by atoms with van der Waals surface area (Å²) in [5, 5.41) is 10.9. The molecule has 40 heavy (non-hydrogen) atoms. The predicted octanol–water partition coefficient (Wildman–Crippen LogP) is 2.66. The van der Waals surface area contributed by atoms with E-state index in [-0.39, 0.29) is 18.4 Å². The van der Waals surface area contributed by atoms with Crippen molar-refractivity contribution in [2.24, 2.45) is 5.14 Å². The number of amides is 2. The molecule has 1 atom stereocenters. The molecule has 2 aromatic carbocycles. The summed E-state index contributed by atoms with van der Waals surface area (Å²) in [4.78, 5) is 40.1. The zero-order chi connectivity index (χ0) is 27.6. The van der Waals surface area contributed by atoms with Crippen molar-refractivity contribution in [3.63, 3.8) is 0 Å². The summed E-state index contributed by atoms with van der Waals surface area (Å²) >= 11 is 0. The van der Waals surface area contributed by atoms with Gasteiger partial charge in [0.15, 0.2) is 0 Å². The molecule has 2 fully saturated rings. The summed E-state index contributed by atoms with van der Waals surface area (Å²) in [7, 11) is 0.141. The normalized spacial score (nSPS) is 19.0. The van der Waals surface area contributed by atoms with Crippen LogP contribution in [0.3, 0.4) is 0 Å². The molecular weight excluding hydrogens is 524 g/mol. The maximum absolute atomic E-state index is 14.2. The van der Waals surface area contributed by atoms with Gasteiger partial charge in [0.05, 0.1) is 17.8 Å². The number of nitrogens with two attached hydrogens (primary N) is 1. The second kappa shape index (κ2) is 9.02. The third-order valence-electron chi connectivity index (χ3n) is 8.63. The Morgan fingerprint density at radius 2 is 1.77 bits per heavy atom. The molecule has 2 aromatic heterocycles. The topological polar surface area (TPSA) is 122 Å². The van der Waals surface area contributed by atoms with E-state index in [9.17, 15) is 13.8 Å². The zero-order valence-electron chi connectivity index (χ0n) is 22.0. The summed E-state index contributed by atoms with van der Waals surface area (Å²) in [5.74, 6) is 0.0668. The molecule has 0 radical (unpaired) electrons. The van der Waals surface area contributed by atoms with E-state index in [2.05, 4.69) is 10.3 Å². The molecule has 1 aliphatic carbocycles. The SMILES string of the molecule is CNC1(C(=O)N2CC3(C2)C(=O)N(Cc2ncc4ccccc4c2-c2ccc(S(N)=O)nc2)c2ccccc23)CC1. The van der Waals surface area contributed by atoms with Gasteiger partial charge in [-0.2, -0.15) is 0 Å². The number of hydrogen-bond donors (Lipinski definition) is 2.